The van der Waals surface area contributed by atoms with Crippen molar-refractivity contribution in [1.29, 1.82) is 0 Å². The molecule has 8 nitrogen and oxygen atoms in total. The molecule has 0 aliphatic rings. The van der Waals surface area contributed by atoms with Crippen LogP contribution in [-0.4, -0.2) is 33.3 Å². The summed E-state index contributed by atoms with van der Waals surface area (Å²) in [6.07, 6.45) is 8.14. The second-order valence-electron chi connectivity index (χ2n) is 9.63. The van der Waals surface area contributed by atoms with E-state index in [1.54, 1.807) is 18.5 Å². The van der Waals surface area contributed by atoms with Gasteiger partial charge in [-0.3, -0.25) is 4.98 Å². The summed E-state index contributed by atoms with van der Waals surface area (Å²) in [6, 6.07) is 9.19. The third kappa shape index (κ3) is 10.3. The zero-order chi connectivity index (χ0) is 28.9. The van der Waals surface area contributed by atoms with Gasteiger partial charge in [0.1, 0.15) is 10.9 Å². The molecule has 0 aliphatic heterocycles. The van der Waals surface area contributed by atoms with Crippen molar-refractivity contribution in [2.75, 3.05) is 6.61 Å². The van der Waals surface area contributed by atoms with Crippen molar-refractivity contribution in [2.24, 2.45) is 0 Å². The quantitative estimate of drug-likeness (QED) is 0.183. The molecule has 0 saturated heterocycles. The molecule has 0 fully saturated rings. The number of aromatic nitrogens is 3. The zero-order valence-corrected chi connectivity index (χ0v) is 25.4. The molecule has 2 amide bonds. The van der Waals surface area contributed by atoms with Gasteiger partial charge in [-0.2, -0.15) is 0 Å². The Morgan fingerprint density at radius 3 is 2.30 bits per heavy atom. The van der Waals surface area contributed by atoms with Crippen LogP contribution in [0.3, 0.4) is 0 Å². The van der Waals surface area contributed by atoms with E-state index >= 15 is 0 Å². The molecular formula is C29H36Cl2N4O4S. The van der Waals surface area contributed by atoms with Gasteiger partial charge in [0, 0.05) is 27.3 Å². The number of rotatable bonds is 14. The van der Waals surface area contributed by atoms with Crippen molar-refractivity contribution in [3.63, 3.8) is 0 Å². The molecule has 0 radical (unpaired) electrons. The van der Waals surface area contributed by atoms with E-state index in [1.165, 1.54) is 31.0 Å². The molecule has 0 aliphatic carbocycles. The minimum atomic E-state index is -0.895. The first kappa shape index (κ1) is 31.8. The number of ether oxygens (including phenoxy) is 2. The summed E-state index contributed by atoms with van der Waals surface area (Å²) < 4.78 is 12.5. The van der Waals surface area contributed by atoms with Gasteiger partial charge in [0.15, 0.2) is 6.61 Å². The molecule has 0 spiro atoms. The van der Waals surface area contributed by atoms with E-state index in [0.717, 1.165) is 40.4 Å². The van der Waals surface area contributed by atoms with Crippen molar-refractivity contribution >= 4 is 47.2 Å². The van der Waals surface area contributed by atoms with Gasteiger partial charge in [-0.15, -0.1) is 0 Å². The second-order valence-corrected chi connectivity index (χ2v) is 11.6. The molecule has 40 heavy (non-hydrogen) atoms. The number of halogens is 2. The first-order valence-corrected chi connectivity index (χ1v) is 15.1. The first-order chi connectivity index (χ1) is 19.3. The van der Waals surface area contributed by atoms with Gasteiger partial charge in [-0.05, 0) is 48.2 Å². The number of imidazole rings is 1. The van der Waals surface area contributed by atoms with Crippen LogP contribution in [-0.2, 0) is 22.6 Å². The molecule has 3 aromatic rings. The fourth-order valence-corrected chi connectivity index (χ4v) is 5.88. The number of nitrogens with zero attached hydrogens (tertiary/aromatic N) is 3. The number of nitrogens with one attached hydrogen (secondary N) is 1. The Morgan fingerprint density at radius 2 is 1.62 bits per heavy atom. The summed E-state index contributed by atoms with van der Waals surface area (Å²) in [5.74, 6) is 0.618. The van der Waals surface area contributed by atoms with Crippen molar-refractivity contribution in [2.45, 2.75) is 88.3 Å². The Kier molecular flexibility index (Phi) is 13.1. The summed E-state index contributed by atoms with van der Waals surface area (Å²) >= 11 is 14.0. The lowest BCUT2D eigenvalue weighted by molar-refractivity contribution is 0.117. The highest BCUT2D eigenvalue weighted by atomic mass is 35.5. The van der Waals surface area contributed by atoms with E-state index in [2.05, 4.69) is 17.2 Å². The van der Waals surface area contributed by atoms with E-state index in [4.69, 9.17) is 37.7 Å². The third-order valence-corrected chi connectivity index (χ3v) is 7.51. The maximum absolute atomic E-state index is 12.4. The van der Waals surface area contributed by atoms with E-state index in [0.29, 0.717) is 22.4 Å². The fraction of sp³-hybridized carbons (Fsp3) is 0.448. The Labute approximate surface area is 250 Å². The number of unbranched alkanes of at least 4 members (excludes halogenated alkanes) is 5. The van der Waals surface area contributed by atoms with E-state index < -0.39 is 12.2 Å². The van der Waals surface area contributed by atoms with Crippen molar-refractivity contribution < 1.29 is 19.1 Å². The van der Waals surface area contributed by atoms with Crippen LogP contribution in [0.4, 0.5) is 9.59 Å². The van der Waals surface area contributed by atoms with Crippen LogP contribution in [0.1, 0.15) is 82.3 Å². The van der Waals surface area contributed by atoms with Crippen LogP contribution in [0.5, 0.6) is 0 Å². The standard InChI is InChI=1S/C29H36Cl2N4O4S/c1-4-5-6-7-8-9-14-38-28(36)34-29(37)39-19-25-33-26(20(2)3)27(35(25)18-21-10-12-32-13-11-21)40-24-16-22(30)15-23(31)17-24/h10-13,15-17,20H,4-9,14,18-19H2,1-3H3,(H,34,36,37). The molecule has 0 bridgehead atoms. The highest BCUT2D eigenvalue weighted by molar-refractivity contribution is 7.99. The summed E-state index contributed by atoms with van der Waals surface area (Å²) in [7, 11) is 0. The van der Waals surface area contributed by atoms with Gasteiger partial charge >= 0.3 is 12.2 Å². The molecule has 216 valence electrons. The lowest BCUT2D eigenvalue weighted by atomic mass is 10.1. The number of hydrogen-bond donors (Lipinski definition) is 1. The third-order valence-electron chi connectivity index (χ3n) is 5.98. The number of carbonyl (C=O) groups excluding carboxylic acids is 2. The molecule has 1 aromatic carbocycles. The molecule has 0 atom stereocenters. The minimum absolute atomic E-state index is 0.0837. The number of alkyl carbamates (subject to hydrolysis) is 2. The highest BCUT2D eigenvalue weighted by Gasteiger charge is 2.22. The highest BCUT2D eigenvalue weighted by Crippen LogP contribution is 2.37. The molecule has 0 saturated carbocycles. The van der Waals surface area contributed by atoms with Gasteiger partial charge in [-0.1, -0.05) is 87.8 Å². The van der Waals surface area contributed by atoms with E-state index in [1.807, 2.05) is 42.7 Å². The van der Waals surface area contributed by atoms with Crippen LogP contribution in [0, 0.1) is 0 Å². The minimum Gasteiger partial charge on any atom is -0.449 e. The van der Waals surface area contributed by atoms with Crippen LogP contribution < -0.4 is 5.32 Å². The number of imide groups is 1. The molecule has 3 rings (SSSR count). The molecule has 2 heterocycles. The zero-order valence-electron chi connectivity index (χ0n) is 23.1. The number of amides is 2. The van der Waals surface area contributed by atoms with Crippen LogP contribution in [0.25, 0.3) is 0 Å². The number of pyridine rings is 1. The van der Waals surface area contributed by atoms with E-state index in [-0.39, 0.29) is 19.1 Å². The summed E-state index contributed by atoms with van der Waals surface area (Å²) in [4.78, 5) is 34.2. The number of carbonyl (C=O) groups is 2. The Bertz CT molecular complexity index is 1230. The van der Waals surface area contributed by atoms with Crippen LogP contribution in [0.15, 0.2) is 52.6 Å². The van der Waals surface area contributed by atoms with Crippen LogP contribution >= 0.6 is 35.0 Å². The van der Waals surface area contributed by atoms with E-state index in [9.17, 15) is 9.59 Å². The van der Waals surface area contributed by atoms with Crippen molar-refractivity contribution in [3.05, 3.63) is 69.9 Å². The SMILES string of the molecule is CCCCCCCCOC(=O)NC(=O)OCc1nc(C(C)C)c(Sc2cc(Cl)cc(Cl)c2)n1Cc1ccncc1. The molecular weight excluding hydrogens is 571 g/mol. The van der Waals surface area contributed by atoms with Crippen molar-refractivity contribution in [1.82, 2.24) is 19.9 Å². The average molecular weight is 608 g/mol. The topological polar surface area (TPSA) is 95.3 Å². The largest absolute Gasteiger partial charge is 0.449 e. The van der Waals surface area contributed by atoms with Gasteiger partial charge in [0.05, 0.1) is 18.8 Å². The lowest BCUT2D eigenvalue weighted by Crippen LogP contribution is -2.32. The Hall–Kier alpha value is -2.75. The summed E-state index contributed by atoms with van der Waals surface area (Å²) in [5.41, 5.74) is 1.84. The van der Waals surface area contributed by atoms with Gasteiger partial charge in [0.2, 0.25) is 0 Å². The van der Waals surface area contributed by atoms with Gasteiger partial charge in [0.25, 0.3) is 0 Å². The smallest absolute Gasteiger partial charge is 0.417 e. The van der Waals surface area contributed by atoms with Gasteiger partial charge in [-0.25, -0.2) is 19.9 Å². The summed E-state index contributed by atoms with van der Waals surface area (Å²) in [6.45, 7) is 6.85. The number of hydrogen-bond acceptors (Lipinski definition) is 7. The first-order valence-electron chi connectivity index (χ1n) is 13.5. The average Bonchev–Trinajstić information content (AvgIpc) is 3.23. The van der Waals surface area contributed by atoms with Gasteiger partial charge < -0.3 is 14.0 Å². The van der Waals surface area contributed by atoms with Crippen molar-refractivity contribution in [3.8, 4) is 0 Å². The van der Waals surface area contributed by atoms with Crippen LogP contribution in [0.2, 0.25) is 10.0 Å². The molecule has 2 aromatic heterocycles. The monoisotopic (exact) mass is 606 g/mol. The Morgan fingerprint density at radius 1 is 0.975 bits per heavy atom. The molecule has 1 N–H and O–H groups in total. The maximum atomic E-state index is 12.4. The normalized spacial score (nSPS) is 11.1. The predicted octanol–water partition coefficient (Wildman–Crippen LogP) is 8.63. The lowest BCUT2D eigenvalue weighted by Gasteiger charge is -2.14. The molecule has 11 heteroatoms. The fourth-order valence-electron chi connectivity index (χ4n) is 3.96. The second kappa shape index (κ2) is 16.5. The summed E-state index contributed by atoms with van der Waals surface area (Å²) in [5, 5.41) is 4.07. The number of benzene rings is 1. The maximum Gasteiger partial charge on any atom is 0.417 e. The molecule has 0 unspecified atom stereocenters. The predicted molar refractivity (Wildman–Crippen MR) is 158 cm³/mol. The Balaban J connectivity index is 1.71.